The van der Waals surface area contributed by atoms with Gasteiger partial charge >= 0.3 is 5.97 Å². The Morgan fingerprint density at radius 3 is 2.35 bits per heavy atom. The van der Waals surface area contributed by atoms with E-state index in [4.69, 9.17) is 5.11 Å². The molecule has 1 aromatic rings. The van der Waals surface area contributed by atoms with E-state index in [0.29, 0.717) is 0 Å². The van der Waals surface area contributed by atoms with Crippen LogP contribution in [0.15, 0.2) is 5.03 Å². The van der Waals surface area contributed by atoms with Crippen LogP contribution in [0.1, 0.15) is 29.9 Å². The number of aromatic nitrogens is 2. The summed E-state index contributed by atoms with van der Waals surface area (Å²) in [5.74, 6) is -1.30. The fourth-order valence-electron chi connectivity index (χ4n) is 1.53. The standard InChI is InChI=1S/C9H15N3O4S/c1-4-12(5-2)17(15,16)8-7(9(13)14)6(3)10-11-8/h4-5H2,1-3H3,(H,10,11)(H,13,14). The molecule has 2 N–H and O–H groups in total. The molecule has 0 aliphatic heterocycles. The third kappa shape index (κ3) is 2.32. The van der Waals surface area contributed by atoms with Crippen molar-refractivity contribution in [1.82, 2.24) is 14.5 Å². The van der Waals surface area contributed by atoms with Gasteiger partial charge in [0.25, 0.3) is 10.0 Å². The van der Waals surface area contributed by atoms with E-state index in [1.54, 1.807) is 13.8 Å². The summed E-state index contributed by atoms with van der Waals surface area (Å²) < 4.78 is 25.4. The second kappa shape index (κ2) is 4.84. The fraction of sp³-hybridized carbons (Fsp3) is 0.556. The van der Waals surface area contributed by atoms with Crippen LogP contribution in [0.2, 0.25) is 0 Å². The lowest BCUT2D eigenvalue weighted by atomic mass is 10.3. The quantitative estimate of drug-likeness (QED) is 0.800. The lowest BCUT2D eigenvalue weighted by molar-refractivity contribution is 0.0691. The topological polar surface area (TPSA) is 103 Å². The van der Waals surface area contributed by atoms with Gasteiger partial charge in [-0.3, -0.25) is 5.10 Å². The van der Waals surface area contributed by atoms with Crippen LogP contribution in [0.4, 0.5) is 0 Å². The maximum absolute atomic E-state index is 12.1. The first-order valence-electron chi connectivity index (χ1n) is 5.14. The summed E-state index contributed by atoms with van der Waals surface area (Å²) in [6, 6.07) is 0. The number of carboxylic acid groups (broad SMARTS) is 1. The van der Waals surface area contributed by atoms with Crippen LogP contribution in [-0.2, 0) is 10.0 Å². The van der Waals surface area contributed by atoms with Crippen LogP contribution < -0.4 is 0 Å². The Balaban J connectivity index is 3.39. The van der Waals surface area contributed by atoms with E-state index in [0.717, 1.165) is 4.31 Å². The minimum atomic E-state index is -3.85. The van der Waals surface area contributed by atoms with Crippen LogP contribution in [0.3, 0.4) is 0 Å². The van der Waals surface area contributed by atoms with Crippen LogP contribution in [0, 0.1) is 6.92 Å². The summed E-state index contributed by atoms with van der Waals surface area (Å²) in [4.78, 5) is 11.0. The number of hydrogen-bond acceptors (Lipinski definition) is 4. The van der Waals surface area contributed by atoms with Crippen LogP contribution in [0.5, 0.6) is 0 Å². The van der Waals surface area contributed by atoms with Crippen molar-refractivity contribution in [2.75, 3.05) is 13.1 Å². The van der Waals surface area contributed by atoms with E-state index in [2.05, 4.69) is 10.2 Å². The van der Waals surface area contributed by atoms with Crippen molar-refractivity contribution >= 4 is 16.0 Å². The normalized spacial score (nSPS) is 12.0. The molecular weight excluding hydrogens is 246 g/mol. The molecule has 1 rings (SSSR count). The largest absolute Gasteiger partial charge is 0.478 e. The Morgan fingerprint density at radius 2 is 1.94 bits per heavy atom. The van der Waals surface area contributed by atoms with Gasteiger partial charge in [-0.15, -0.1) is 0 Å². The molecule has 0 saturated carbocycles. The fourth-order valence-corrected chi connectivity index (χ4v) is 3.11. The van der Waals surface area contributed by atoms with Crippen molar-refractivity contribution in [1.29, 1.82) is 0 Å². The maximum atomic E-state index is 12.1. The molecule has 1 aromatic heterocycles. The van der Waals surface area contributed by atoms with Gasteiger partial charge in [0.1, 0.15) is 5.56 Å². The first kappa shape index (κ1) is 13.7. The van der Waals surface area contributed by atoms with Crippen LogP contribution in [-0.4, -0.2) is 47.1 Å². The summed E-state index contributed by atoms with van der Waals surface area (Å²) >= 11 is 0. The van der Waals surface area contributed by atoms with Crippen LogP contribution in [0.25, 0.3) is 0 Å². The number of H-pyrrole nitrogens is 1. The number of nitrogens with zero attached hydrogens (tertiary/aromatic N) is 2. The SMILES string of the molecule is CCN(CC)S(=O)(=O)c1n[nH]c(C)c1C(=O)O. The molecule has 0 spiro atoms. The predicted molar refractivity (Wildman–Crippen MR) is 60.4 cm³/mol. The van der Waals surface area contributed by atoms with Gasteiger partial charge in [-0.25, -0.2) is 13.2 Å². The van der Waals surface area contributed by atoms with Gasteiger partial charge in [-0.2, -0.15) is 9.40 Å². The molecule has 0 saturated heterocycles. The van der Waals surface area contributed by atoms with E-state index < -0.39 is 21.0 Å². The minimum Gasteiger partial charge on any atom is -0.478 e. The van der Waals surface area contributed by atoms with Gasteiger partial charge in [0, 0.05) is 18.8 Å². The molecule has 0 aliphatic rings. The van der Waals surface area contributed by atoms with E-state index in [-0.39, 0.29) is 24.3 Å². The lowest BCUT2D eigenvalue weighted by Gasteiger charge is -2.16. The van der Waals surface area contributed by atoms with Gasteiger partial charge in [0.15, 0.2) is 0 Å². The minimum absolute atomic E-state index is 0.225. The summed E-state index contributed by atoms with van der Waals surface area (Å²) in [5.41, 5.74) is -0.0693. The Bertz CT molecular complexity index is 516. The highest BCUT2D eigenvalue weighted by Gasteiger charge is 2.31. The Morgan fingerprint density at radius 1 is 1.41 bits per heavy atom. The summed E-state index contributed by atoms with van der Waals surface area (Å²) in [7, 11) is -3.85. The highest BCUT2D eigenvalue weighted by molar-refractivity contribution is 7.89. The molecule has 17 heavy (non-hydrogen) atoms. The van der Waals surface area contributed by atoms with Gasteiger partial charge in [-0.05, 0) is 6.92 Å². The van der Waals surface area contributed by atoms with E-state index in [1.807, 2.05) is 0 Å². The molecule has 96 valence electrons. The molecule has 0 amide bonds. The number of carboxylic acids is 1. The van der Waals surface area contributed by atoms with Gasteiger partial charge in [0.2, 0.25) is 5.03 Å². The zero-order chi connectivity index (χ0) is 13.2. The number of rotatable bonds is 5. The molecule has 0 aliphatic carbocycles. The van der Waals surface area contributed by atoms with Crippen molar-refractivity contribution in [2.24, 2.45) is 0 Å². The molecule has 7 nitrogen and oxygen atoms in total. The Hall–Kier alpha value is -1.41. The third-order valence-corrected chi connectivity index (χ3v) is 4.40. The second-order valence-corrected chi connectivity index (χ2v) is 5.28. The van der Waals surface area contributed by atoms with Crippen LogP contribution >= 0.6 is 0 Å². The number of hydrogen-bond donors (Lipinski definition) is 2. The van der Waals surface area contributed by atoms with Gasteiger partial charge in [-0.1, -0.05) is 13.8 Å². The van der Waals surface area contributed by atoms with Crippen molar-refractivity contribution < 1.29 is 18.3 Å². The number of sulfonamides is 1. The monoisotopic (exact) mass is 261 g/mol. The van der Waals surface area contributed by atoms with E-state index in [1.165, 1.54) is 6.92 Å². The molecular formula is C9H15N3O4S. The zero-order valence-corrected chi connectivity index (χ0v) is 10.7. The first-order valence-corrected chi connectivity index (χ1v) is 6.58. The molecule has 8 heteroatoms. The summed E-state index contributed by atoms with van der Waals surface area (Å²) in [6.07, 6.45) is 0. The zero-order valence-electron chi connectivity index (χ0n) is 9.89. The molecule has 0 fully saturated rings. The van der Waals surface area contributed by atoms with Crippen molar-refractivity contribution in [3.8, 4) is 0 Å². The molecule has 0 radical (unpaired) electrons. The molecule has 0 aromatic carbocycles. The number of aromatic carboxylic acids is 1. The summed E-state index contributed by atoms with van der Waals surface area (Å²) in [6.45, 7) is 5.37. The number of nitrogens with one attached hydrogen (secondary N) is 1. The third-order valence-electron chi connectivity index (χ3n) is 2.42. The Labute approximate surface area is 99.5 Å². The van der Waals surface area contributed by atoms with Crippen molar-refractivity contribution in [3.63, 3.8) is 0 Å². The Kier molecular flexibility index (Phi) is 3.89. The number of aryl methyl sites for hydroxylation is 1. The van der Waals surface area contributed by atoms with Gasteiger partial charge in [0.05, 0.1) is 0 Å². The second-order valence-electron chi connectivity index (χ2n) is 3.42. The van der Waals surface area contributed by atoms with Crippen molar-refractivity contribution in [2.45, 2.75) is 25.8 Å². The van der Waals surface area contributed by atoms with Gasteiger partial charge < -0.3 is 5.11 Å². The average molecular weight is 261 g/mol. The molecule has 1 heterocycles. The van der Waals surface area contributed by atoms with Crippen molar-refractivity contribution in [3.05, 3.63) is 11.3 Å². The smallest absolute Gasteiger partial charge is 0.340 e. The highest BCUT2D eigenvalue weighted by Crippen LogP contribution is 2.20. The maximum Gasteiger partial charge on any atom is 0.340 e. The molecule has 0 atom stereocenters. The molecule has 0 bridgehead atoms. The lowest BCUT2D eigenvalue weighted by Crippen LogP contribution is -2.32. The molecule has 0 unspecified atom stereocenters. The average Bonchev–Trinajstić information content (AvgIpc) is 2.62. The van der Waals surface area contributed by atoms with E-state index >= 15 is 0 Å². The number of aromatic amines is 1. The van der Waals surface area contributed by atoms with E-state index in [9.17, 15) is 13.2 Å². The highest BCUT2D eigenvalue weighted by atomic mass is 32.2. The number of carbonyl (C=O) groups is 1. The summed E-state index contributed by atoms with van der Waals surface area (Å²) in [5, 5.41) is 14.5. The predicted octanol–water partition coefficient (Wildman–Crippen LogP) is 0.447. The first-order chi connectivity index (χ1) is 7.86.